The summed E-state index contributed by atoms with van der Waals surface area (Å²) in [5, 5.41) is 8.28. The Morgan fingerprint density at radius 3 is 2.65 bits per heavy atom. The van der Waals surface area contributed by atoms with Crippen LogP contribution in [0, 0.1) is 11.3 Å². The Morgan fingerprint density at radius 2 is 1.94 bits per heavy atom. The van der Waals surface area contributed by atoms with Crippen molar-refractivity contribution in [2.45, 2.75) is 52.7 Å². The molecule has 0 heterocycles. The molecule has 2 unspecified atom stereocenters. The predicted molar refractivity (Wildman–Crippen MR) is 131 cm³/mol. The molecule has 1 aliphatic carbocycles. The molecule has 2 aromatic carbocycles. The van der Waals surface area contributed by atoms with Crippen LogP contribution in [0.15, 0.2) is 53.6 Å². The highest BCUT2D eigenvalue weighted by atomic mass is 32.1. The molecule has 166 valence electrons. The van der Waals surface area contributed by atoms with Gasteiger partial charge < -0.3 is 14.8 Å². The van der Waals surface area contributed by atoms with Crippen LogP contribution in [0.4, 0.5) is 0 Å². The van der Waals surface area contributed by atoms with Gasteiger partial charge in [-0.05, 0) is 72.1 Å². The quantitative estimate of drug-likeness (QED) is 0.349. The minimum atomic E-state index is 0.341. The highest BCUT2D eigenvalue weighted by molar-refractivity contribution is 7.80. The molecule has 6 heteroatoms. The van der Waals surface area contributed by atoms with Crippen LogP contribution < -0.4 is 20.2 Å². The van der Waals surface area contributed by atoms with Gasteiger partial charge in [-0.2, -0.15) is 5.10 Å². The van der Waals surface area contributed by atoms with E-state index in [1.54, 1.807) is 13.3 Å². The fourth-order valence-corrected chi connectivity index (χ4v) is 4.68. The van der Waals surface area contributed by atoms with Crippen LogP contribution >= 0.6 is 12.2 Å². The summed E-state index contributed by atoms with van der Waals surface area (Å²) in [6.07, 6.45) is 5.24. The zero-order chi connectivity index (χ0) is 22.3. The molecule has 0 amide bonds. The minimum Gasteiger partial charge on any atom is -0.493 e. The molecule has 5 nitrogen and oxygen atoms in total. The van der Waals surface area contributed by atoms with E-state index >= 15 is 0 Å². The van der Waals surface area contributed by atoms with Gasteiger partial charge in [0, 0.05) is 6.04 Å². The molecule has 3 rings (SSSR count). The predicted octanol–water partition coefficient (Wildman–Crippen LogP) is 5.29. The zero-order valence-electron chi connectivity index (χ0n) is 18.9. The highest BCUT2D eigenvalue weighted by Crippen LogP contribution is 2.38. The lowest BCUT2D eigenvalue weighted by Gasteiger charge is -2.39. The Kier molecular flexibility index (Phi) is 7.91. The Morgan fingerprint density at radius 1 is 1.16 bits per heavy atom. The van der Waals surface area contributed by atoms with E-state index in [0.717, 1.165) is 24.0 Å². The second kappa shape index (κ2) is 10.6. The van der Waals surface area contributed by atoms with Gasteiger partial charge in [-0.1, -0.05) is 51.1 Å². The summed E-state index contributed by atoms with van der Waals surface area (Å²) in [6.45, 7) is 7.44. The van der Waals surface area contributed by atoms with Gasteiger partial charge in [-0.3, -0.25) is 5.43 Å². The normalized spacial score (nSPS) is 20.3. The molecule has 0 aromatic heterocycles. The third-order valence-electron chi connectivity index (χ3n) is 5.53. The van der Waals surface area contributed by atoms with Gasteiger partial charge in [0.15, 0.2) is 16.6 Å². The number of hydrogen-bond acceptors (Lipinski definition) is 4. The summed E-state index contributed by atoms with van der Waals surface area (Å²) < 4.78 is 11.4. The first kappa shape index (κ1) is 23.1. The van der Waals surface area contributed by atoms with Crippen LogP contribution in [0.5, 0.6) is 11.5 Å². The molecule has 0 aliphatic heterocycles. The van der Waals surface area contributed by atoms with Crippen LogP contribution in [0.2, 0.25) is 0 Å². The average Bonchev–Trinajstić information content (AvgIpc) is 2.71. The minimum absolute atomic E-state index is 0.341. The van der Waals surface area contributed by atoms with Crippen molar-refractivity contribution in [3.05, 3.63) is 59.7 Å². The van der Waals surface area contributed by atoms with Gasteiger partial charge >= 0.3 is 0 Å². The van der Waals surface area contributed by atoms with Crippen LogP contribution in [0.1, 0.15) is 51.2 Å². The lowest BCUT2D eigenvalue weighted by Crippen LogP contribution is -2.45. The third-order valence-corrected chi connectivity index (χ3v) is 5.74. The van der Waals surface area contributed by atoms with E-state index in [9.17, 15) is 0 Å². The second-order valence-corrected chi connectivity index (χ2v) is 9.55. The summed E-state index contributed by atoms with van der Waals surface area (Å²) in [5.74, 6) is 2.06. The molecule has 0 bridgehead atoms. The van der Waals surface area contributed by atoms with Gasteiger partial charge in [0.1, 0.15) is 6.61 Å². The Labute approximate surface area is 191 Å². The molecule has 0 saturated heterocycles. The highest BCUT2D eigenvalue weighted by Gasteiger charge is 2.32. The Balaban J connectivity index is 1.55. The lowest BCUT2D eigenvalue weighted by atomic mass is 9.71. The van der Waals surface area contributed by atoms with E-state index in [2.05, 4.69) is 36.6 Å². The van der Waals surface area contributed by atoms with Crippen molar-refractivity contribution in [3.63, 3.8) is 0 Å². The Hall–Kier alpha value is -2.60. The molecule has 31 heavy (non-hydrogen) atoms. The first-order valence-electron chi connectivity index (χ1n) is 10.8. The number of thiocarbonyl (C=S) groups is 1. The molecular weight excluding hydrogens is 406 g/mol. The number of hydrazone groups is 1. The monoisotopic (exact) mass is 439 g/mol. The number of ether oxygens (including phenoxy) is 2. The molecule has 2 aromatic rings. The molecule has 0 radical (unpaired) electrons. The van der Waals surface area contributed by atoms with Crippen LogP contribution in [-0.4, -0.2) is 24.5 Å². The maximum Gasteiger partial charge on any atom is 0.187 e. The van der Waals surface area contributed by atoms with Crippen LogP contribution in [0.3, 0.4) is 0 Å². The van der Waals surface area contributed by atoms with Crippen LogP contribution in [-0.2, 0) is 6.61 Å². The fourth-order valence-electron chi connectivity index (χ4n) is 4.46. The molecule has 1 saturated carbocycles. The summed E-state index contributed by atoms with van der Waals surface area (Å²) >= 11 is 5.44. The van der Waals surface area contributed by atoms with Gasteiger partial charge in [0.25, 0.3) is 0 Å². The molecule has 1 aliphatic rings. The number of nitrogens with zero attached hydrogens (tertiary/aromatic N) is 1. The van der Waals surface area contributed by atoms with Crippen molar-refractivity contribution in [1.29, 1.82) is 0 Å². The largest absolute Gasteiger partial charge is 0.493 e. The van der Waals surface area contributed by atoms with Crippen molar-refractivity contribution in [2.24, 2.45) is 16.4 Å². The van der Waals surface area contributed by atoms with Gasteiger partial charge in [-0.15, -0.1) is 0 Å². The third kappa shape index (κ3) is 7.24. The van der Waals surface area contributed by atoms with Gasteiger partial charge in [-0.25, -0.2) is 0 Å². The number of nitrogens with one attached hydrogen (secondary N) is 2. The smallest absolute Gasteiger partial charge is 0.187 e. The summed E-state index contributed by atoms with van der Waals surface area (Å²) in [7, 11) is 1.64. The first-order chi connectivity index (χ1) is 14.8. The lowest BCUT2D eigenvalue weighted by molar-refractivity contribution is 0.161. The maximum atomic E-state index is 5.97. The second-order valence-electron chi connectivity index (χ2n) is 9.14. The van der Waals surface area contributed by atoms with E-state index < -0.39 is 0 Å². The van der Waals surface area contributed by atoms with Crippen molar-refractivity contribution in [2.75, 3.05) is 7.11 Å². The summed E-state index contributed by atoms with van der Waals surface area (Å²) in [5.41, 5.74) is 5.28. The van der Waals surface area contributed by atoms with E-state index in [0.29, 0.717) is 40.6 Å². The summed E-state index contributed by atoms with van der Waals surface area (Å²) in [6, 6.07) is 16.1. The molecule has 2 atom stereocenters. The number of rotatable bonds is 7. The molecular formula is C25H33N3O2S. The maximum absolute atomic E-state index is 5.97. The van der Waals surface area contributed by atoms with Crippen molar-refractivity contribution < 1.29 is 9.47 Å². The van der Waals surface area contributed by atoms with E-state index in [4.69, 9.17) is 21.7 Å². The topological polar surface area (TPSA) is 54.9 Å². The van der Waals surface area contributed by atoms with Crippen molar-refractivity contribution >= 4 is 23.5 Å². The van der Waals surface area contributed by atoms with Crippen molar-refractivity contribution in [1.82, 2.24) is 10.7 Å². The molecule has 2 N–H and O–H groups in total. The average molecular weight is 440 g/mol. The summed E-state index contributed by atoms with van der Waals surface area (Å²) in [4.78, 5) is 0. The molecule has 1 fully saturated rings. The standard InChI is InChI=1S/C25H33N3O2S/c1-18-12-21(15-25(2,3)14-18)27-24(31)28-26-16-20-10-11-22(29-4)23(13-20)30-17-19-8-6-5-7-9-19/h5-11,13,16,18,21H,12,14-15,17H2,1-4H3,(H2,27,28,31)/b26-16+. The number of hydrogen-bond donors (Lipinski definition) is 2. The first-order valence-corrected chi connectivity index (χ1v) is 11.2. The van der Waals surface area contributed by atoms with E-state index in [1.807, 2.05) is 48.5 Å². The SMILES string of the molecule is COc1ccc(/C=N/NC(=S)NC2CC(C)CC(C)(C)C2)cc1OCc1ccccc1. The zero-order valence-corrected chi connectivity index (χ0v) is 19.7. The van der Waals surface area contributed by atoms with Crippen molar-refractivity contribution in [3.8, 4) is 11.5 Å². The van der Waals surface area contributed by atoms with E-state index in [1.165, 1.54) is 6.42 Å². The van der Waals surface area contributed by atoms with E-state index in [-0.39, 0.29) is 0 Å². The number of methoxy groups -OCH3 is 1. The Bertz CT molecular complexity index is 899. The fraction of sp³-hybridized carbons (Fsp3) is 0.440. The number of benzene rings is 2. The van der Waals surface area contributed by atoms with Gasteiger partial charge in [0.2, 0.25) is 0 Å². The van der Waals surface area contributed by atoms with Gasteiger partial charge in [0.05, 0.1) is 13.3 Å². The molecule has 0 spiro atoms. The van der Waals surface area contributed by atoms with Crippen LogP contribution in [0.25, 0.3) is 0 Å².